The van der Waals surface area contributed by atoms with Gasteiger partial charge in [0.15, 0.2) is 6.33 Å². The predicted octanol–water partition coefficient (Wildman–Crippen LogP) is 2.23. The van der Waals surface area contributed by atoms with Gasteiger partial charge in [0.05, 0.1) is 0 Å². The van der Waals surface area contributed by atoms with Gasteiger partial charge in [-0.1, -0.05) is 29.8 Å². The highest BCUT2D eigenvalue weighted by Gasteiger charge is 1.94. The summed E-state index contributed by atoms with van der Waals surface area (Å²) in [5.74, 6) is 0. The molecule has 1 aromatic heterocycles. The third-order valence-corrected chi connectivity index (χ3v) is 2.27. The summed E-state index contributed by atoms with van der Waals surface area (Å²) in [6.07, 6.45) is 7.62. The molecule has 71 valence electrons. The lowest BCUT2D eigenvalue weighted by Gasteiger charge is -2.02. The second-order valence-electron chi connectivity index (χ2n) is 3.46. The molecule has 0 bridgehead atoms. The molecule has 0 aliphatic rings. The number of hydrogen-bond acceptors (Lipinski definition) is 1. The Kier molecular flexibility index (Phi) is 2.63. The van der Waals surface area contributed by atoms with Crippen molar-refractivity contribution in [3.63, 3.8) is 0 Å². The normalized spacial score (nSPS) is 10.4. The second-order valence-corrected chi connectivity index (χ2v) is 3.46. The first-order valence-electron chi connectivity index (χ1n) is 4.79. The molecule has 0 amide bonds. The number of aryl methyl sites for hydroxylation is 3. The molecule has 2 heteroatoms. The van der Waals surface area contributed by atoms with Crippen molar-refractivity contribution in [1.82, 2.24) is 9.55 Å². The molecule has 2 aromatic rings. The lowest BCUT2D eigenvalue weighted by Crippen LogP contribution is -1.98. The van der Waals surface area contributed by atoms with E-state index in [9.17, 15) is 0 Å². The van der Waals surface area contributed by atoms with Crippen LogP contribution in [0.5, 0.6) is 0 Å². The number of imidazole rings is 1. The molecular weight excluding hydrogens is 172 g/mol. The maximum absolute atomic E-state index is 3.89. The Morgan fingerprint density at radius 1 is 1.29 bits per heavy atom. The van der Waals surface area contributed by atoms with Gasteiger partial charge in [-0.25, -0.2) is 4.98 Å². The summed E-state index contributed by atoms with van der Waals surface area (Å²) >= 11 is 0. The van der Waals surface area contributed by atoms with Gasteiger partial charge >= 0.3 is 0 Å². The van der Waals surface area contributed by atoms with Crippen LogP contribution in [-0.4, -0.2) is 9.55 Å². The van der Waals surface area contributed by atoms with Crippen molar-refractivity contribution in [2.75, 3.05) is 0 Å². The van der Waals surface area contributed by atoms with E-state index in [4.69, 9.17) is 0 Å². The highest BCUT2D eigenvalue weighted by Crippen LogP contribution is 2.04. The molecular formula is C12H13N2. The molecule has 1 aromatic carbocycles. The number of aromatic nitrogens is 2. The summed E-state index contributed by atoms with van der Waals surface area (Å²) in [5, 5.41) is 0. The van der Waals surface area contributed by atoms with Crippen molar-refractivity contribution in [3.8, 4) is 0 Å². The van der Waals surface area contributed by atoms with Crippen molar-refractivity contribution < 1.29 is 0 Å². The van der Waals surface area contributed by atoms with E-state index in [2.05, 4.69) is 42.5 Å². The Bertz CT molecular complexity index is 373. The van der Waals surface area contributed by atoms with Crippen molar-refractivity contribution in [2.24, 2.45) is 0 Å². The Morgan fingerprint density at radius 3 is 2.71 bits per heavy atom. The standard InChI is InChI=1S/C12H13N2/c1-11-2-4-12(5-3-11)6-8-14-9-7-13-10-14/h2-5,7,9H,6,8H2,1H3. The van der Waals surface area contributed by atoms with E-state index in [1.54, 1.807) is 6.20 Å². The van der Waals surface area contributed by atoms with Gasteiger partial charge in [-0.05, 0) is 18.9 Å². The summed E-state index contributed by atoms with van der Waals surface area (Å²) in [7, 11) is 0. The van der Waals surface area contributed by atoms with Gasteiger partial charge in [0, 0.05) is 18.9 Å². The molecule has 0 aliphatic heterocycles. The molecule has 1 heterocycles. The molecule has 0 N–H and O–H groups in total. The zero-order valence-corrected chi connectivity index (χ0v) is 8.27. The topological polar surface area (TPSA) is 17.8 Å². The van der Waals surface area contributed by atoms with E-state index in [1.165, 1.54) is 11.1 Å². The fraction of sp³-hybridized carbons (Fsp3) is 0.250. The van der Waals surface area contributed by atoms with Crippen LogP contribution in [0, 0.1) is 13.3 Å². The minimum atomic E-state index is 0.947. The quantitative estimate of drug-likeness (QED) is 0.717. The van der Waals surface area contributed by atoms with E-state index < -0.39 is 0 Å². The largest absolute Gasteiger partial charge is 0.328 e. The Morgan fingerprint density at radius 2 is 2.07 bits per heavy atom. The molecule has 0 unspecified atom stereocenters. The maximum Gasteiger partial charge on any atom is 0.176 e. The third-order valence-electron chi connectivity index (χ3n) is 2.27. The van der Waals surface area contributed by atoms with Crippen LogP contribution in [0.4, 0.5) is 0 Å². The molecule has 0 fully saturated rings. The predicted molar refractivity (Wildman–Crippen MR) is 55.9 cm³/mol. The minimum Gasteiger partial charge on any atom is -0.328 e. The van der Waals surface area contributed by atoms with Crippen molar-refractivity contribution in [3.05, 3.63) is 54.1 Å². The molecule has 0 saturated heterocycles. The zero-order valence-electron chi connectivity index (χ0n) is 8.27. The van der Waals surface area contributed by atoms with Gasteiger partial charge in [0.25, 0.3) is 0 Å². The lowest BCUT2D eigenvalue weighted by molar-refractivity contribution is 0.690. The minimum absolute atomic E-state index is 0.947. The number of benzene rings is 1. The molecule has 0 saturated carbocycles. The van der Waals surface area contributed by atoms with Crippen LogP contribution in [0.3, 0.4) is 0 Å². The zero-order chi connectivity index (χ0) is 9.80. The summed E-state index contributed by atoms with van der Waals surface area (Å²) in [6, 6.07) is 8.64. The average molecular weight is 185 g/mol. The summed E-state index contributed by atoms with van der Waals surface area (Å²) in [4.78, 5) is 3.89. The highest BCUT2D eigenvalue weighted by atomic mass is 15.0. The summed E-state index contributed by atoms with van der Waals surface area (Å²) in [5.41, 5.74) is 2.67. The van der Waals surface area contributed by atoms with Crippen molar-refractivity contribution in [2.45, 2.75) is 19.9 Å². The van der Waals surface area contributed by atoms with Crippen LogP contribution in [-0.2, 0) is 13.0 Å². The van der Waals surface area contributed by atoms with Gasteiger partial charge in [-0.3, -0.25) is 0 Å². The second kappa shape index (κ2) is 4.09. The maximum atomic E-state index is 3.89. The van der Waals surface area contributed by atoms with Crippen LogP contribution < -0.4 is 0 Å². The molecule has 0 atom stereocenters. The number of nitrogens with zero attached hydrogens (tertiary/aromatic N) is 2. The molecule has 0 spiro atoms. The Balaban J connectivity index is 1.95. The van der Waals surface area contributed by atoms with Crippen LogP contribution >= 0.6 is 0 Å². The highest BCUT2D eigenvalue weighted by molar-refractivity contribution is 5.21. The van der Waals surface area contributed by atoms with Gasteiger partial charge in [-0.15, -0.1) is 0 Å². The van der Waals surface area contributed by atoms with Crippen molar-refractivity contribution >= 4 is 0 Å². The first kappa shape index (κ1) is 9.00. The van der Waals surface area contributed by atoms with E-state index >= 15 is 0 Å². The molecule has 2 rings (SSSR count). The first-order valence-corrected chi connectivity index (χ1v) is 4.79. The first-order chi connectivity index (χ1) is 6.84. The summed E-state index contributed by atoms with van der Waals surface area (Å²) < 4.78 is 1.97. The SMILES string of the molecule is Cc1ccc(CCn2[c]ncc2)cc1. The van der Waals surface area contributed by atoms with E-state index in [1.807, 2.05) is 10.8 Å². The molecule has 1 radical (unpaired) electrons. The fourth-order valence-corrected chi connectivity index (χ4v) is 1.38. The number of rotatable bonds is 3. The van der Waals surface area contributed by atoms with Crippen LogP contribution in [0.25, 0.3) is 0 Å². The van der Waals surface area contributed by atoms with Gasteiger partial charge in [0.1, 0.15) is 0 Å². The summed E-state index contributed by atoms with van der Waals surface area (Å²) in [6.45, 7) is 3.05. The monoisotopic (exact) mass is 185 g/mol. The average Bonchev–Trinajstić information content (AvgIpc) is 2.70. The number of hydrogen-bond donors (Lipinski definition) is 0. The lowest BCUT2D eigenvalue weighted by atomic mass is 10.1. The van der Waals surface area contributed by atoms with Gasteiger partial charge in [0.2, 0.25) is 0 Å². The Hall–Kier alpha value is -1.57. The van der Waals surface area contributed by atoms with Gasteiger partial charge in [-0.2, -0.15) is 0 Å². The van der Waals surface area contributed by atoms with E-state index in [0.29, 0.717) is 0 Å². The Labute approximate surface area is 84.2 Å². The van der Waals surface area contributed by atoms with Crippen LogP contribution in [0.2, 0.25) is 0 Å². The van der Waals surface area contributed by atoms with Crippen LogP contribution in [0.1, 0.15) is 11.1 Å². The molecule has 14 heavy (non-hydrogen) atoms. The molecule has 2 nitrogen and oxygen atoms in total. The molecule has 0 aliphatic carbocycles. The van der Waals surface area contributed by atoms with E-state index in [-0.39, 0.29) is 0 Å². The van der Waals surface area contributed by atoms with E-state index in [0.717, 1.165) is 13.0 Å². The van der Waals surface area contributed by atoms with Crippen LogP contribution in [0.15, 0.2) is 36.7 Å². The third kappa shape index (κ3) is 2.22. The fourth-order valence-electron chi connectivity index (χ4n) is 1.38. The smallest absolute Gasteiger partial charge is 0.176 e. The van der Waals surface area contributed by atoms with Gasteiger partial charge < -0.3 is 4.57 Å². The van der Waals surface area contributed by atoms with Crippen molar-refractivity contribution in [1.29, 1.82) is 0 Å².